The largest absolute Gasteiger partial charge is 0.496 e. The minimum absolute atomic E-state index is 0.0852. The Labute approximate surface area is 540 Å². The van der Waals surface area contributed by atoms with Crippen LogP contribution in [0.25, 0.3) is 11.1 Å². The molecule has 3 spiro atoms. The number of halogens is 2. The predicted molar refractivity (Wildman–Crippen MR) is 377 cm³/mol. The third kappa shape index (κ3) is 13.5. The number of nitrogen functional groups attached to an aromatic ring is 1. The van der Waals surface area contributed by atoms with Crippen LogP contribution >= 0.6 is 38.5 Å². The first kappa shape index (κ1) is 66.4. The summed E-state index contributed by atoms with van der Waals surface area (Å²) in [6.45, 7) is 13.0. The Hall–Kier alpha value is -5.56. The van der Waals surface area contributed by atoms with E-state index in [1.807, 2.05) is 46.5 Å². The van der Waals surface area contributed by atoms with E-state index in [1.54, 1.807) is 33.7 Å². The van der Waals surface area contributed by atoms with Gasteiger partial charge in [-0.25, -0.2) is 0 Å². The molecule has 12 nitrogen and oxygen atoms in total. The monoisotopic (exact) mass is 1440 g/mol. The van der Waals surface area contributed by atoms with Crippen LogP contribution in [0.1, 0.15) is 177 Å². The number of anilines is 4. The fraction of sp³-hybridized carbons (Fsp3) is 0.479. The summed E-state index contributed by atoms with van der Waals surface area (Å²) in [5.41, 5.74) is 21.4. The molecule has 0 saturated heterocycles. The number of aromatic nitrogens is 2. The van der Waals surface area contributed by atoms with Crippen molar-refractivity contribution in [1.29, 1.82) is 0 Å². The number of nitrogens with two attached hydrogens (primary N) is 1. The summed E-state index contributed by atoms with van der Waals surface area (Å²) < 4.78 is 27.1. The number of allylic oxidation sites excluding steroid dienone is 2. The second-order valence-electron chi connectivity index (χ2n) is 23.7. The Morgan fingerprint density at radius 2 is 1.09 bits per heavy atom. The van der Waals surface area contributed by atoms with Crippen molar-refractivity contribution in [2.75, 3.05) is 64.2 Å². The van der Waals surface area contributed by atoms with Crippen molar-refractivity contribution in [2.24, 2.45) is 15.0 Å². The van der Waals surface area contributed by atoms with E-state index in [9.17, 15) is 0 Å². The second kappa shape index (κ2) is 30.1. The Bertz CT molecular complexity index is 3460. The van der Waals surface area contributed by atoms with Gasteiger partial charge >= 0.3 is 108 Å². The van der Waals surface area contributed by atoms with Crippen LogP contribution in [0.5, 0.6) is 17.2 Å². The molecule has 0 bridgehead atoms. The molecule has 15 heteroatoms. The number of pyridine rings is 2. The molecule has 4 aliphatic carbocycles. The number of methoxy groups -OCH3 is 3. The molecule has 3 saturated carbocycles. The molecule has 7 aliphatic rings. The Kier molecular flexibility index (Phi) is 23.2. The number of nitrogens with one attached hydrogen (secondary N) is 3. The Balaban J connectivity index is 0.000000145. The van der Waals surface area contributed by atoms with E-state index in [0.717, 1.165) is 71.8 Å². The van der Waals surface area contributed by atoms with Crippen molar-refractivity contribution in [3.05, 3.63) is 120 Å². The van der Waals surface area contributed by atoms with E-state index >= 15 is 0 Å². The van der Waals surface area contributed by atoms with Crippen LogP contribution < -0.4 is 35.9 Å². The standard InChI is InChI=1S/C22H23N3O.C16H18N2O.C13H15BrN2O.C5H5IN2.3C4H9.C3H3.Sn/c1-13-15-5-8-24-12-14(15)9-16(13)17-10-19-18(11-20(17)26-3)22(6-4-7-22)21(23-2)25-19;1-4-6-11-9-13-12(10-14(11)19-3)16(7-5-8-16)15(17-2)18-13;1-15-12-13(4-3-5-13)8-6-11(17-2)9(14)7-10(8)16-12;6-4-1-2-8-3-5(4)7;3*1-3-4-2;1-3-2;/h5,8,10-12H,4,6-7,9H2,1-3H3,(H,23,25);9-10H,5,7-8H2,1-3H3,(H,17,18);6-7H,3-5H2,1-2H3,(H,15,16);1-3H,7H2;3*1,3-4H2,2H3;1H3;. The van der Waals surface area contributed by atoms with Gasteiger partial charge in [-0.3, -0.25) is 24.9 Å². The van der Waals surface area contributed by atoms with E-state index in [-0.39, 0.29) is 16.2 Å². The number of nitrogens with zero attached hydrogens (tertiary/aromatic N) is 5. The van der Waals surface area contributed by atoms with Gasteiger partial charge in [0.1, 0.15) is 34.8 Å². The van der Waals surface area contributed by atoms with Crippen molar-refractivity contribution in [2.45, 2.75) is 174 Å². The SMILES string of the molecule is CC#Cc1cc2c(cc1OC)C1(CCC1)C(=NC)N2.CC#[C][Sn]([CH2]CCC)([CH2]CCC)[CH2]CCC.CN=C1Nc2cc(Br)c(OC)cc2C12CCC2.CN=C1Nc2cc(C3=C(C)c4ccncc4C3)c(OC)cc2C12CCC2.Nc1cnccc1I. The van der Waals surface area contributed by atoms with Crippen molar-refractivity contribution in [3.8, 4) is 38.9 Å². The van der Waals surface area contributed by atoms with E-state index in [0.29, 0.717) is 0 Å². The van der Waals surface area contributed by atoms with E-state index in [4.69, 9.17) is 19.9 Å². The van der Waals surface area contributed by atoms with Gasteiger partial charge in [-0.15, -0.1) is 5.92 Å². The smallest absolute Gasteiger partial charge is 0.133 e. The summed E-state index contributed by atoms with van der Waals surface area (Å²) in [4.78, 5) is 21.5. The van der Waals surface area contributed by atoms with E-state index in [2.05, 4.69) is 178 Å². The van der Waals surface area contributed by atoms with Gasteiger partial charge in [0.2, 0.25) is 0 Å². The summed E-state index contributed by atoms with van der Waals surface area (Å²) in [6, 6.07) is 17.0. The van der Waals surface area contributed by atoms with Gasteiger partial charge in [0, 0.05) is 72.4 Å². The van der Waals surface area contributed by atoms with Crippen LogP contribution in [0.3, 0.4) is 0 Å². The second-order valence-corrected chi connectivity index (χ2v) is 38.0. The number of unbranched alkanes of at least 4 members (excludes halogenated alkanes) is 3. The van der Waals surface area contributed by atoms with Crippen molar-refractivity contribution < 1.29 is 14.2 Å². The topological polar surface area (TPSA) is 153 Å². The van der Waals surface area contributed by atoms with Crippen molar-refractivity contribution in [3.63, 3.8) is 0 Å². The zero-order valence-electron chi connectivity index (χ0n) is 53.2. The molecular weight excluding hydrogens is 1350 g/mol. The maximum absolute atomic E-state index is 5.84. The number of hydrogen-bond acceptors (Lipinski definition) is 9. The molecule has 12 rings (SSSR count). The average Bonchev–Trinajstić information content (AvgIpc) is 1.62. The van der Waals surface area contributed by atoms with Gasteiger partial charge < -0.3 is 35.9 Å². The summed E-state index contributed by atoms with van der Waals surface area (Å²) in [5, 5.41) is 10.5. The van der Waals surface area contributed by atoms with Crippen LogP contribution in [0.4, 0.5) is 22.7 Å². The molecule has 3 fully saturated rings. The first-order valence-electron chi connectivity index (χ1n) is 31.1. The van der Waals surface area contributed by atoms with Crippen LogP contribution in [0, 0.1) is 25.3 Å². The molecule has 456 valence electrons. The van der Waals surface area contributed by atoms with Crippen molar-refractivity contribution >= 4 is 108 Å². The third-order valence-corrected chi connectivity index (χ3v) is 33.9. The first-order valence-corrected chi connectivity index (χ1v) is 40.4. The average molecular weight is 1440 g/mol. The van der Waals surface area contributed by atoms with Gasteiger partial charge in [0.05, 0.1) is 59.5 Å². The minimum Gasteiger partial charge on any atom is -0.496 e. The molecule has 2 aromatic heterocycles. The van der Waals surface area contributed by atoms with Gasteiger partial charge in [-0.1, -0.05) is 25.2 Å². The summed E-state index contributed by atoms with van der Waals surface area (Å²) in [7, 11) is 10.8. The van der Waals surface area contributed by atoms with Crippen LogP contribution in [-0.2, 0) is 22.7 Å². The number of benzene rings is 3. The zero-order valence-corrected chi connectivity index (χ0v) is 59.8. The quantitative estimate of drug-likeness (QED) is 0.0513. The molecule has 86 heavy (non-hydrogen) atoms. The number of fused-ring (bicyclic) bond motifs is 7. The summed E-state index contributed by atoms with van der Waals surface area (Å²) in [5.74, 6) is 15.4. The van der Waals surface area contributed by atoms with Gasteiger partial charge in [-0.2, -0.15) is 0 Å². The third-order valence-electron chi connectivity index (χ3n) is 18.9. The molecule has 5 aromatic rings. The van der Waals surface area contributed by atoms with Crippen LogP contribution in [0.2, 0.25) is 13.3 Å². The molecule has 0 atom stereocenters. The molecule has 3 aliphatic heterocycles. The van der Waals surface area contributed by atoms with Crippen LogP contribution in [-0.4, -0.2) is 88.3 Å². The Morgan fingerprint density at radius 3 is 1.50 bits per heavy atom. The van der Waals surface area contributed by atoms with E-state index < -0.39 is 18.4 Å². The van der Waals surface area contributed by atoms with E-state index in [1.165, 1.54) is 160 Å². The number of hydrogen-bond donors (Lipinski definition) is 4. The zero-order chi connectivity index (χ0) is 61.7. The predicted octanol–water partition coefficient (Wildman–Crippen LogP) is 17.4. The number of ether oxygens (including phenoxy) is 3. The van der Waals surface area contributed by atoms with Gasteiger partial charge in [0.25, 0.3) is 0 Å². The van der Waals surface area contributed by atoms with Crippen molar-refractivity contribution in [1.82, 2.24) is 9.97 Å². The van der Waals surface area contributed by atoms with Gasteiger partial charge in [-0.05, 0) is 178 Å². The fourth-order valence-corrected chi connectivity index (χ4v) is 28.0. The minimum atomic E-state index is -2.02. The maximum atomic E-state index is 5.84. The summed E-state index contributed by atoms with van der Waals surface area (Å²) in [6.07, 6.45) is 27.3. The molecule has 0 unspecified atom stereocenters. The number of rotatable bonds is 13. The molecule has 3 aromatic carbocycles. The Morgan fingerprint density at radius 1 is 0.628 bits per heavy atom. The fourth-order valence-electron chi connectivity index (χ4n) is 13.7. The van der Waals surface area contributed by atoms with Gasteiger partial charge in [0.15, 0.2) is 0 Å². The summed E-state index contributed by atoms with van der Waals surface area (Å²) >= 11 is 3.66. The molecule has 5 heterocycles. The molecular formula is C71H91BrIN9O3Sn. The number of amidine groups is 3. The number of aliphatic imine (C=N–C) groups is 3. The molecule has 0 amide bonds. The maximum Gasteiger partial charge on any atom is 0.133 e. The normalized spacial score (nSPS) is 18.0. The molecule has 5 N–H and O–H groups in total. The van der Waals surface area contributed by atoms with Crippen LogP contribution in [0.15, 0.2) is 92.8 Å². The first-order chi connectivity index (χ1) is 41.7. The molecule has 0 radical (unpaired) electrons.